The van der Waals surface area contributed by atoms with E-state index < -0.39 is 6.04 Å². The van der Waals surface area contributed by atoms with E-state index in [1.807, 2.05) is 31.2 Å². The number of nitrogens with one attached hydrogen (secondary N) is 1. The highest BCUT2D eigenvalue weighted by atomic mass is 35.5. The molecule has 0 aliphatic rings. The second-order valence-corrected chi connectivity index (χ2v) is 8.01. The molecule has 1 N–H and O–H groups in total. The zero-order chi connectivity index (χ0) is 22.1. The minimum Gasteiger partial charge on any atom is -0.484 e. The molecule has 0 fully saturated rings. The van der Waals surface area contributed by atoms with Gasteiger partial charge in [-0.15, -0.1) is 0 Å². The van der Waals surface area contributed by atoms with Gasteiger partial charge in [0.1, 0.15) is 11.8 Å². The van der Waals surface area contributed by atoms with Gasteiger partial charge in [-0.2, -0.15) is 0 Å². The van der Waals surface area contributed by atoms with Gasteiger partial charge in [0, 0.05) is 13.1 Å². The van der Waals surface area contributed by atoms with Crippen LogP contribution in [0.4, 0.5) is 0 Å². The molecule has 7 heteroatoms. The second kappa shape index (κ2) is 11.8. The molecular weight excluding hydrogens is 423 g/mol. The lowest BCUT2D eigenvalue weighted by molar-refractivity contribution is -0.142. The molecule has 0 aliphatic heterocycles. The van der Waals surface area contributed by atoms with Gasteiger partial charge in [-0.3, -0.25) is 9.59 Å². The number of carbonyl (C=O) groups excluding carboxylic acids is 2. The minimum atomic E-state index is -0.662. The standard InChI is InChI=1S/C23H28Cl2N2O3/c1-4-5-12-26-23(29)17(3)27(14-18-8-11-20(24)21(25)13-18)22(28)15-30-19-9-6-16(2)7-10-19/h6-11,13,17H,4-5,12,14-15H2,1-3H3,(H,26,29)/t17-/m1/s1. The summed E-state index contributed by atoms with van der Waals surface area (Å²) in [6, 6.07) is 12.0. The maximum absolute atomic E-state index is 13.0. The van der Waals surface area contributed by atoms with E-state index >= 15 is 0 Å². The lowest BCUT2D eigenvalue weighted by atomic mass is 10.1. The van der Waals surface area contributed by atoms with Gasteiger partial charge >= 0.3 is 0 Å². The van der Waals surface area contributed by atoms with Crippen LogP contribution in [0, 0.1) is 6.92 Å². The van der Waals surface area contributed by atoms with Crippen LogP contribution in [-0.2, 0) is 16.1 Å². The fraction of sp³-hybridized carbons (Fsp3) is 0.391. The van der Waals surface area contributed by atoms with Crippen molar-refractivity contribution in [1.82, 2.24) is 10.2 Å². The molecule has 0 heterocycles. The molecule has 1 atom stereocenters. The van der Waals surface area contributed by atoms with Gasteiger partial charge < -0.3 is 15.0 Å². The third-order valence-electron chi connectivity index (χ3n) is 4.72. The van der Waals surface area contributed by atoms with Crippen LogP contribution in [0.5, 0.6) is 5.75 Å². The number of hydrogen-bond donors (Lipinski definition) is 1. The molecule has 0 unspecified atom stereocenters. The molecule has 5 nitrogen and oxygen atoms in total. The molecule has 2 aromatic carbocycles. The molecule has 0 saturated heterocycles. The highest BCUT2D eigenvalue weighted by molar-refractivity contribution is 6.42. The van der Waals surface area contributed by atoms with Crippen molar-refractivity contribution in [2.24, 2.45) is 0 Å². The summed E-state index contributed by atoms with van der Waals surface area (Å²) in [5.41, 5.74) is 1.88. The van der Waals surface area contributed by atoms with E-state index in [0.717, 1.165) is 24.0 Å². The maximum Gasteiger partial charge on any atom is 0.261 e. The Hall–Kier alpha value is -2.24. The Kier molecular flexibility index (Phi) is 9.47. The minimum absolute atomic E-state index is 0.170. The van der Waals surface area contributed by atoms with E-state index in [4.69, 9.17) is 27.9 Å². The highest BCUT2D eigenvalue weighted by Gasteiger charge is 2.26. The van der Waals surface area contributed by atoms with Crippen molar-refractivity contribution >= 4 is 35.0 Å². The van der Waals surface area contributed by atoms with Crippen molar-refractivity contribution in [2.75, 3.05) is 13.2 Å². The Morgan fingerprint density at radius 1 is 1.10 bits per heavy atom. The first-order chi connectivity index (χ1) is 14.3. The van der Waals surface area contributed by atoms with Crippen LogP contribution in [0.3, 0.4) is 0 Å². The van der Waals surface area contributed by atoms with Crippen molar-refractivity contribution in [3.05, 3.63) is 63.6 Å². The van der Waals surface area contributed by atoms with Crippen LogP contribution in [-0.4, -0.2) is 35.9 Å². The number of carbonyl (C=O) groups is 2. The van der Waals surface area contributed by atoms with E-state index in [1.54, 1.807) is 25.1 Å². The average molecular weight is 451 g/mol. The predicted octanol–water partition coefficient (Wildman–Crippen LogP) is 5.01. The third kappa shape index (κ3) is 7.22. The van der Waals surface area contributed by atoms with Crippen LogP contribution in [0.2, 0.25) is 10.0 Å². The molecule has 2 rings (SSSR count). The second-order valence-electron chi connectivity index (χ2n) is 7.19. The monoisotopic (exact) mass is 450 g/mol. The summed E-state index contributed by atoms with van der Waals surface area (Å²) in [5, 5.41) is 3.72. The predicted molar refractivity (Wildman–Crippen MR) is 121 cm³/mol. The Morgan fingerprint density at radius 2 is 1.80 bits per heavy atom. The molecule has 0 saturated carbocycles. The summed E-state index contributed by atoms with van der Waals surface area (Å²) in [5.74, 6) is 0.107. The fourth-order valence-corrected chi connectivity index (χ4v) is 3.14. The van der Waals surface area contributed by atoms with E-state index in [0.29, 0.717) is 22.3 Å². The number of unbranched alkanes of at least 4 members (excludes halogenated alkanes) is 1. The van der Waals surface area contributed by atoms with E-state index in [1.165, 1.54) is 4.90 Å². The van der Waals surface area contributed by atoms with Gasteiger partial charge in [0.2, 0.25) is 5.91 Å². The summed E-state index contributed by atoms with van der Waals surface area (Å²) >= 11 is 12.1. The van der Waals surface area contributed by atoms with Gasteiger partial charge in [-0.25, -0.2) is 0 Å². The number of rotatable bonds is 10. The number of halogens is 2. The maximum atomic E-state index is 13.0. The molecular formula is C23H28Cl2N2O3. The number of hydrogen-bond acceptors (Lipinski definition) is 3. The molecule has 2 amide bonds. The van der Waals surface area contributed by atoms with Crippen molar-refractivity contribution in [2.45, 2.75) is 46.2 Å². The van der Waals surface area contributed by atoms with E-state index in [9.17, 15) is 9.59 Å². The molecule has 0 radical (unpaired) electrons. The number of aryl methyl sites for hydroxylation is 1. The summed E-state index contributed by atoms with van der Waals surface area (Å²) in [7, 11) is 0. The van der Waals surface area contributed by atoms with Crippen LogP contribution in [0.1, 0.15) is 37.8 Å². The fourth-order valence-electron chi connectivity index (χ4n) is 2.82. The van der Waals surface area contributed by atoms with Crippen molar-refractivity contribution in [3.8, 4) is 5.75 Å². The molecule has 162 valence electrons. The number of benzene rings is 2. The molecule has 0 bridgehead atoms. The Bertz CT molecular complexity index is 856. The van der Waals surface area contributed by atoms with Crippen LogP contribution < -0.4 is 10.1 Å². The lowest BCUT2D eigenvalue weighted by Crippen LogP contribution is -2.49. The van der Waals surface area contributed by atoms with Crippen LogP contribution in [0.25, 0.3) is 0 Å². The van der Waals surface area contributed by atoms with Crippen molar-refractivity contribution in [3.63, 3.8) is 0 Å². The number of amides is 2. The number of nitrogens with zero attached hydrogens (tertiary/aromatic N) is 1. The van der Waals surface area contributed by atoms with Crippen molar-refractivity contribution < 1.29 is 14.3 Å². The van der Waals surface area contributed by atoms with Gasteiger partial charge in [-0.1, -0.05) is 60.3 Å². The van der Waals surface area contributed by atoms with Gasteiger partial charge in [-0.05, 0) is 50.1 Å². The Morgan fingerprint density at radius 3 is 2.43 bits per heavy atom. The third-order valence-corrected chi connectivity index (χ3v) is 5.46. The zero-order valence-electron chi connectivity index (χ0n) is 17.6. The summed E-state index contributed by atoms with van der Waals surface area (Å²) in [6.45, 7) is 6.37. The molecule has 2 aromatic rings. The van der Waals surface area contributed by atoms with Crippen molar-refractivity contribution in [1.29, 1.82) is 0 Å². The average Bonchev–Trinajstić information content (AvgIpc) is 2.73. The molecule has 30 heavy (non-hydrogen) atoms. The van der Waals surface area contributed by atoms with Gasteiger partial charge in [0.15, 0.2) is 6.61 Å². The number of ether oxygens (including phenoxy) is 1. The SMILES string of the molecule is CCCCNC(=O)[C@@H](C)N(Cc1ccc(Cl)c(Cl)c1)C(=O)COc1ccc(C)cc1. The molecule has 0 aromatic heterocycles. The molecule has 0 spiro atoms. The van der Waals surface area contributed by atoms with Crippen LogP contribution >= 0.6 is 23.2 Å². The normalized spacial score (nSPS) is 11.6. The smallest absolute Gasteiger partial charge is 0.261 e. The Balaban J connectivity index is 2.13. The van der Waals surface area contributed by atoms with Crippen LogP contribution in [0.15, 0.2) is 42.5 Å². The first-order valence-corrected chi connectivity index (χ1v) is 10.8. The quantitative estimate of drug-likeness (QED) is 0.517. The van der Waals surface area contributed by atoms with Gasteiger partial charge in [0.25, 0.3) is 5.91 Å². The van der Waals surface area contributed by atoms with E-state index in [2.05, 4.69) is 12.2 Å². The molecule has 0 aliphatic carbocycles. The Labute approximate surface area is 188 Å². The topological polar surface area (TPSA) is 58.6 Å². The first-order valence-electron chi connectivity index (χ1n) is 10.0. The first kappa shape index (κ1) is 24.0. The largest absolute Gasteiger partial charge is 0.484 e. The van der Waals surface area contributed by atoms with E-state index in [-0.39, 0.29) is 25.0 Å². The zero-order valence-corrected chi connectivity index (χ0v) is 19.1. The summed E-state index contributed by atoms with van der Waals surface area (Å²) in [4.78, 5) is 27.1. The highest BCUT2D eigenvalue weighted by Crippen LogP contribution is 2.24. The summed E-state index contributed by atoms with van der Waals surface area (Å²) < 4.78 is 5.64. The van der Waals surface area contributed by atoms with Gasteiger partial charge in [0.05, 0.1) is 10.0 Å². The lowest BCUT2D eigenvalue weighted by Gasteiger charge is -2.29. The summed E-state index contributed by atoms with van der Waals surface area (Å²) in [6.07, 6.45) is 1.86.